The lowest BCUT2D eigenvalue weighted by atomic mass is 10.1. The molecule has 7 nitrogen and oxygen atoms in total. The Hall–Kier alpha value is -3.00. The zero-order valence-electron chi connectivity index (χ0n) is 18.5. The van der Waals surface area contributed by atoms with Crippen LogP contribution in [0.3, 0.4) is 0 Å². The summed E-state index contributed by atoms with van der Waals surface area (Å²) in [6.45, 7) is 6.80. The average Bonchev–Trinajstić information content (AvgIpc) is 3.15. The summed E-state index contributed by atoms with van der Waals surface area (Å²) in [7, 11) is 3.15. The van der Waals surface area contributed by atoms with Gasteiger partial charge < -0.3 is 19.4 Å². The van der Waals surface area contributed by atoms with Gasteiger partial charge in [-0.05, 0) is 26.3 Å². The van der Waals surface area contributed by atoms with Crippen LogP contribution in [0.2, 0.25) is 0 Å². The molecule has 0 aliphatic rings. The van der Waals surface area contributed by atoms with Crippen LogP contribution in [0, 0.1) is 6.92 Å². The lowest BCUT2D eigenvalue weighted by Gasteiger charge is -2.14. The van der Waals surface area contributed by atoms with Gasteiger partial charge in [0.2, 0.25) is 5.91 Å². The van der Waals surface area contributed by atoms with Crippen molar-refractivity contribution in [1.82, 2.24) is 14.8 Å². The Labute approximate surface area is 187 Å². The number of aromatic nitrogens is 3. The molecule has 8 heteroatoms. The fourth-order valence-corrected chi connectivity index (χ4v) is 4.01. The maximum absolute atomic E-state index is 12.8. The summed E-state index contributed by atoms with van der Waals surface area (Å²) in [6, 6.07) is 13.5. The molecule has 0 aliphatic heterocycles. The van der Waals surface area contributed by atoms with E-state index in [1.165, 1.54) is 17.3 Å². The summed E-state index contributed by atoms with van der Waals surface area (Å²) in [4.78, 5) is 12.8. The van der Waals surface area contributed by atoms with E-state index in [0.717, 1.165) is 29.5 Å². The van der Waals surface area contributed by atoms with Crippen molar-refractivity contribution in [1.29, 1.82) is 0 Å². The first kappa shape index (κ1) is 22.7. The van der Waals surface area contributed by atoms with Crippen molar-refractivity contribution in [2.24, 2.45) is 0 Å². The van der Waals surface area contributed by atoms with Crippen molar-refractivity contribution in [3.05, 3.63) is 48.0 Å². The van der Waals surface area contributed by atoms with Crippen molar-refractivity contribution in [3.63, 3.8) is 0 Å². The Morgan fingerprint density at radius 1 is 1.13 bits per heavy atom. The van der Waals surface area contributed by atoms with Crippen molar-refractivity contribution in [2.75, 3.05) is 19.5 Å². The fourth-order valence-electron chi connectivity index (χ4n) is 3.13. The van der Waals surface area contributed by atoms with Crippen molar-refractivity contribution < 1.29 is 14.3 Å². The lowest BCUT2D eigenvalue weighted by Crippen LogP contribution is -2.23. The number of benzene rings is 2. The Bertz CT molecular complexity index is 1030. The number of anilines is 1. The zero-order valence-corrected chi connectivity index (χ0v) is 19.3. The highest BCUT2D eigenvalue weighted by molar-refractivity contribution is 8.00. The molecule has 0 bridgehead atoms. The van der Waals surface area contributed by atoms with Gasteiger partial charge in [0.25, 0.3) is 0 Å². The molecule has 1 amide bonds. The van der Waals surface area contributed by atoms with Crippen LogP contribution in [-0.2, 0) is 11.3 Å². The number of methoxy groups -OCH3 is 2. The molecule has 3 rings (SSSR count). The third kappa shape index (κ3) is 5.58. The number of rotatable bonds is 9. The summed E-state index contributed by atoms with van der Waals surface area (Å²) < 4.78 is 12.6. The van der Waals surface area contributed by atoms with Crippen LogP contribution in [0.4, 0.5) is 5.69 Å². The van der Waals surface area contributed by atoms with E-state index >= 15 is 0 Å². The number of carbonyl (C=O) groups is 1. The first-order valence-electron chi connectivity index (χ1n) is 10.2. The van der Waals surface area contributed by atoms with Gasteiger partial charge in [-0.1, -0.05) is 42.4 Å². The van der Waals surface area contributed by atoms with E-state index in [1.807, 2.05) is 19.1 Å². The van der Waals surface area contributed by atoms with Crippen LogP contribution in [0.5, 0.6) is 11.5 Å². The summed E-state index contributed by atoms with van der Waals surface area (Å²) >= 11 is 1.39. The first-order valence-corrected chi connectivity index (χ1v) is 11.0. The van der Waals surface area contributed by atoms with Crippen molar-refractivity contribution >= 4 is 23.4 Å². The second-order valence-electron chi connectivity index (χ2n) is 7.18. The van der Waals surface area contributed by atoms with Crippen LogP contribution >= 0.6 is 11.8 Å². The van der Waals surface area contributed by atoms with Gasteiger partial charge in [-0.25, -0.2) is 0 Å². The summed E-state index contributed by atoms with van der Waals surface area (Å²) in [5.41, 5.74) is 2.80. The molecule has 0 radical (unpaired) electrons. The van der Waals surface area contributed by atoms with E-state index in [-0.39, 0.29) is 11.2 Å². The molecule has 31 heavy (non-hydrogen) atoms. The molecule has 1 atom stereocenters. The molecule has 0 aliphatic carbocycles. The minimum atomic E-state index is -0.373. The normalized spacial score (nSPS) is 11.8. The molecular formula is C23H28N4O3S. The second kappa shape index (κ2) is 10.3. The number of ether oxygens (including phenoxy) is 2. The molecular weight excluding hydrogens is 412 g/mol. The van der Waals surface area contributed by atoms with Crippen molar-refractivity contribution in [2.45, 2.75) is 44.1 Å². The van der Waals surface area contributed by atoms with Gasteiger partial charge >= 0.3 is 0 Å². The summed E-state index contributed by atoms with van der Waals surface area (Å²) in [5.74, 6) is 1.91. The van der Waals surface area contributed by atoms with Crippen LogP contribution in [0.15, 0.2) is 47.6 Å². The average molecular weight is 441 g/mol. The fraction of sp³-hybridized carbons (Fsp3) is 0.348. The van der Waals surface area contributed by atoms with Crippen LogP contribution < -0.4 is 14.8 Å². The van der Waals surface area contributed by atoms with Crippen molar-refractivity contribution in [3.8, 4) is 22.9 Å². The van der Waals surface area contributed by atoms with Gasteiger partial charge in [-0.15, -0.1) is 10.2 Å². The maximum Gasteiger partial charge on any atom is 0.237 e. The molecule has 0 spiro atoms. The number of amides is 1. The number of aryl methyl sites for hydroxylation is 1. The lowest BCUT2D eigenvalue weighted by molar-refractivity contribution is -0.115. The number of carbonyl (C=O) groups excluding carboxylic acids is 1. The Morgan fingerprint density at radius 2 is 1.84 bits per heavy atom. The molecule has 0 fully saturated rings. The smallest absolute Gasteiger partial charge is 0.237 e. The third-order valence-corrected chi connectivity index (χ3v) is 5.79. The number of nitrogens with one attached hydrogen (secondary N) is 1. The largest absolute Gasteiger partial charge is 0.497 e. The highest BCUT2D eigenvalue weighted by atomic mass is 32.2. The molecule has 1 heterocycles. The monoisotopic (exact) mass is 440 g/mol. The summed E-state index contributed by atoms with van der Waals surface area (Å²) in [5, 5.41) is 12.1. The van der Waals surface area contributed by atoms with Gasteiger partial charge in [-0.3, -0.25) is 4.79 Å². The van der Waals surface area contributed by atoms with Gasteiger partial charge in [0.1, 0.15) is 11.5 Å². The van der Waals surface area contributed by atoms with E-state index in [1.54, 1.807) is 32.4 Å². The molecule has 2 aromatic carbocycles. The summed E-state index contributed by atoms with van der Waals surface area (Å²) in [6.07, 6.45) is 0.939. The van der Waals surface area contributed by atoms with Crippen LogP contribution in [0.25, 0.3) is 11.4 Å². The number of hydrogen-bond donors (Lipinski definition) is 1. The third-order valence-electron chi connectivity index (χ3n) is 4.71. The van der Waals surface area contributed by atoms with E-state index < -0.39 is 0 Å². The first-order chi connectivity index (χ1) is 14.9. The SMILES string of the molecule is CCCn1c(SC(C)C(=O)Nc2cc(OC)cc(OC)c2)nnc1-c1cccc(C)c1. The Balaban J connectivity index is 1.78. The minimum Gasteiger partial charge on any atom is -0.497 e. The molecule has 1 N–H and O–H groups in total. The topological polar surface area (TPSA) is 78.3 Å². The van der Waals surface area contributed by atoms with E-state index in [9.17, 15) is 4.79 Å². The number of hydrogen-bond acceptors (Lipinski definition) is 6. The molecule has 1 aromatic heterocycles. The highest BCUT2D eigenvalue weighted by Gasteiger charge is 2.21. The Morgan fingerprint density at radius 3 is 2.45 bits per heavy atom. The maximum atomic E-state index is 12.8. The van der Waals surface area contributed by atoms with Crippen LogP contribution in [-0.4, -0.2) is 40.1 Å². The number of nitrogens with zero attached hydrogens (tertiary/aromatic N) is 3. The second-order valence-corrected chi connectivity index (χ2v) is 8.49. The van der Waals surface area contributed by atoms with Gasteiger partial charge in [0.05, 0.1) is 19.5 Å². The standard InChI is InChI=1S/C23H28N4O3S/c1-6-10-27-21(17-9-7-8-15(2)11-17)25-26-23(27)31-16(3)22(28)24-18-12-19(29-4)14-20(13-18)30-5/h7-9,11-14,16H,6,10H2,1-5H3,(H,24,28). The van der Waals surface area contributed by atoms with Gasteiger partial charge in [0, 0.05) is 36.0 Å². The van der Waals surface area contributed by atoms with E-state index in [2.05, 4.69) is 46.1 Å². The molecule has 3 aromatic rings. The van der Waals surface area contributed by atoms with Crippen LogP contribution in [0.1, 0.15) is 25.8 Å². The van der Waals surface area contributed by atoms with E-state index in [4.69, 9.17) is 9.47 Å². The van der Waals surface area contributed by atoms with Gasteiger partial charge in [-0.2, -0.15) is 0 Å². The Kier molecular flexibility index (Phi) is 7.57. The predicted molar refractivity (Wildman–Crippen MR) is 124 cm³/mol. The molecule has 1 unspecified atom stereocenters. The predicted octanol–water partition coefficient (Wildman–Crippen LogP) is 4.80. The molecule has 0 saturated heterocycles. The molecule has 164 valence electrons. The zero-order chi connectivity index (χ0) is 22.4. The molecule has 0 saturated carbocycles. The van der Waals surface area contributed by atoms with Gasteiger partial charge in [0.15, 0.2) is 11.0 Å². The number of thioether (sulfide) groups is 1. The highest BCUT2D eigenvalue weighted by Crippen LogP contribution is 2.30. The quantitative estimate of drug-likeness (QED) is 0.482. The van der Waals surface area contributed by atoms with E-state index in [0.29, 0.717) is 17.2 Å². The minimum absolute atomic E-state index is 0.136.